The van der Waals surface area contributed by atoms with Crippen LogP contribution in [0.1, 0.15) is 0 Å². The summed E-state index contributed by atoms with van der Waals surface area (Å²) >= 11 is 4.92. The molecule has 0 radical (unpaired) electrons. The Morgan fingerprint density at radius 3 is 3.17 bits per heavy atom. The molecular weight excluding hydrogens is 238 g/mol. The summed E-state index contributed by atoms with van der Waals surface area (Å²) in [6.07, 6.45) is 3.73. The van der Waals surface area contributed by atoms with Crippen molar-refractivity contribution in [2.45, 2.75) is 5.16 Å². The quantitative estimate of drug-likeness (QED) is 0.783. The number of halogens is 1. The number of pyridine rings is 1. The van der Waals surface area contributed by atoms with Crippen molar-refractivity contribution in [3.8, 4) is 0 Å². The first-order valence-electron chi connectivity index (χ1n) is 3.35. The van der Waals surface area contributed by atoms with Crippen LogP contribution in [-0.2, 0) is 0 Å². The zero-order chi connectivity index (χ0) is 8.55. The molecule has 0 aliphatic carbocycles. The molecule has 12 heavy (non-hydrogen) atoms. The fourth-order valence-corrected chi connectivity index (χ4v) is 1.65. The van der Waals surface area contributed by atoms with Gasteiger partial charge in [0.1, 0.15) is 5.52 Å². The number of rotatable bonds is 1. The second kappa shape index (κ2) is 3.06. The Bertz CT molecular complexity index is 412. The first kappa shape index (κ1) is 8.07. The number of nitrogens with zero attached hydrogens (tertiary/aromatic N) is 2. The molecule has 0 bridgehead atoms. The third-order valence-electron chi connectivity index (χ3n) is 1.47. The topological polar surface area (TPSA) is 41.6 Å². The molecule has 0 aromatic carbocycles. The normalized spacial score (nSPS) is 10.8. The highest BCUT2D eigenvalue weighted by atomic mass is 79.9. The zero-order valence-corrected chi connectivity index (χ0v) is 8.74. The monoisotopic (exact) mass is 243 g/mol. The Kier molecular flexibility index (Phi) is 2.06. The van der Waals surface area contributed by atoms with E-state index < -0.39 is 0 Å². The lowest BCUT2D eigenvalue weighted by Crippen LogP contribution is -1.74. The number of aromatic amines is 1. The fraction of sp³-hybridized carbons (Fsp3) is 0.143. The number of aromatic nitrogens is 3. The molecule has 0 fully saturated rings. The molecule has 2 heterocycles. The highest BCUT2D eigenvalue weighted by molar-refractivity contribution is 9.10. The molecule has 1 N–H and O–H groups in total. The van der Waals surface area contributed by atoms with Crippen LogP contribution >= 0.6 is 27.7 Å². The maximum atomic E-state index is 4.31. The van der Waals surface area contributed by atoms with Crippen molar-refractivity contribution in [2.75, 3.05) is 6.26 Å². The first-order chi connectivity index (χ1) is 5.79. The minimum absolute atomic E-state index is 0.836. The highest BCUT2D eigenvalue weighted by Gasteiger charge is 2.01. The minimum atomic E-state index is 0.836. The molecule has 0 atom stereocenters. The number of H-pyrrole nitrogens is 1. The Morgan fingerprint density at radius 1 is 1.58 bits per heavy atom. The maximum Gasteiger partial charge on any atom is 0.167 e. The van der Waals surface area contributed by atoms with Gasteiger partial charge >= 0.3 is 0 Å². The van der Waals surface area contributed by atoms with Crippen LogP contribution in [0.15, 0.2) is 21.9 Å². The summed E-state index contributed by atoms with van der Waals surface area (Å²) in [5.41, 5.74) is 1.73. The van der Waals surface area contributed by atoms with E-state index in [9.17, 15) is 0 Å². The van der Waals surface area contributed by atoms with Gasteiger partial charge in [-0.25, -0.2) is 9.97 Å². The van der Waals surface area contributed by atoms with Crippen molar-refractivity contribution in [3.05, 3.63) is 16.7 Å². The van der Waals surface area contributed by atoms with Gasteiger partial charge in [0, 0.05) is 10.7 Å². The molecule has 0 saturated heterocycles. The Hall–Kier alpha value is -0.550. The van der Waals surface area contributed by atoms with Crippen molar-refractivity contribution < 1.29 is 0 Å². The molecule has 0 saturated carbocycles. The molecule has 2 aromatic heterocycles. The highest BCUT2D eigenvalue weighted by Crippen LogP contribution is 2.18. The smallest absolute Gasteiger partial charge is 0.167 e. The average molecular weight is 244 g/mol. The van der Waals surface area contributed by atoms with E-state index in [2.05, 4.69) is 30.9 Å². The number of nitrogens with one attached hydrogen (secondary N) is 1. The van der Waals surface area contributed by atoms with Crippen LogP contribution in [0.2, 0.25) is 0 Å². The molecule has 2 rings (SSSR count). The van der Waals surface area contributed by atoms with Gasteiger partial charge in [-0.2, -0.15) is 0 Å². The number of fused-ring (bicyclic) bond motifs is 1. The average Bonchev–Trinajstić information content (AvgIpc) is 2.46. The third kappa shape index (κ3) is 1.34. The zero-order valence-electron chi connectivity index (χ0n) is 6.34. The Labute approximate surface area is 82.1 Å². The third-order valence-corrected chi connectivity index (χ3v) is 2.49. The summed E-state index contributed by atoms with van der Waals surface area (Å²) in [5.74, 6) is 0. The van der Waals surface area contributed by atoms with Gasteiger partial charge < -0.3 is 4.98 Å². The lowest BCUT2D eigenvalue weighted by molar-refractivity contribution is 1.08. The summed E-state index contributed by atoms with van der Waals surface area (Å²) in [6, 6.07) is 1.94. The number of thioether (sulfide) groups is 1. The van der Waals surface area contributed by atoms with Gasteiger partial charge in [0.2, 0.25) is 0 Å². The van der Waals surface area contributed by atoms with Crippen LogP contribution in [0.5, 0.6) is 0 Å². The molecule has 0 aliphatic heterocycles. The van der Waals surface area contributed by atoms with Crippen molar-refractivity contribution >= 4 is 38.9 Å². The largest absolute Gasteiger partial charge is 0.318 e. The van der Waals surface area contributed by atoms with Crippen LogP contribution in [-0.4, -0.2) is 21.2 Å². The fourth-order valence-electron chi connectivity index (χ4n) is 0.945. The van der Waals surface area contributed by atoms with Crippen LogP contribution < -0.4 is 0 Å². The summed E-state index contributed by atoms with van der Waals surface area (Å²) in [5, 5.41) is 0.899. The summed E-state index contributed by atoms with van der Waals surface area (Å²) in [6.45, 7) is 0. The van der Waals surface area contributed by atoms with Crippen molar-refractivity contribution in [1.82, 2.24) is 15.0 Å². The molecule has 0 spiro atoms. The van der Waals surface area contributed by atoms with E-state index in [1.54, 1.807) is 18.0 Å². The van der Waals surface area contributed by atoms with Crippen LogP contribution in [0.25, 0.3) is 11.2 Å². The number of hydrogen-bond acceptors (Lipinski definition) is 3. The second-order valence-electron chi connectivity index (χ2n) is 2.27. The first-order valence-corrected chi connectivity index (χ1v) is 5.36. The molecule has 2 aromatic rings. The maximum absolute atomic E-state index is 4.31. The molecule has 62 valence electrons. The van der Waals surface area contributed by atoms with E-state index in [4.69, 9.17) is 0 Å². The van der Waals surface area contributed by atoms with Gasteiger partial charge in [-0.05, 0) is 28.3 Å². The van der Waals surface area contributed by atoms with Crippen molar-refractivity contribution in [1.29, 1.82) is 0 Å². The van der Waals surface area contributed by atoms with Gasteiger partial charge in [-0.1, -0.05) is 11.8 Å². The number of hydrogen-bond donors (Lipinski definition) is 1. The van der Waals surface area contributed by atoms with Gasteiger partial charge in [0.25, 0.3) is 0 Å². The van der Waals surface area contributed by atoms with Crippen molar-refractivity contribution in [3.63, 3.8) is 0 Å². The van der Waals surface area contributed by atoms with E-state index in [1.165, 1.54) is 0 Å². The second-order valence-corrected chi connectivity index (χ2v) is 3.98. The van der Waals surface area contributed by atoms with Crippen molar-refractivity contribution in [2.24, 2.45) is 0 Å². The van der Waals surface area contributed by atoms with Gasteiger partial charge in [-0.15, -0.1) is 0 Å². The van der Waals surface area contributed by atoms with E-state index in [-0.39, 0.29) is 0 Å². The van der Waals surface area contributed by atoms with E-state index in [0.29, 0.717) is 0 Å². The van der Waals surface area contributed by atoms with Crippen LogP contribution in [0, 0.1) is 0 Å². The molecule has 0 aliphatic rings. The summed E-state index contributed by atoms with van der Waals surface area (Å²) in [4.78, 5) is 11.6. The summed E-state index contributed by atoms with van der Waals surface area (Å²) < 4.78 is 0.953. The SMILES string of the molecule is CSc1nc2cc(Br)cnc2[nH]1. The van der Waals surface area contributed by atoms with Gasteiger partial charge in [0.15, 0.2) is 10.8 Å². The van der Waals surface area contributed by atoms with E-state index >= 15 is 0 Å². The molecule has 5 heteroatoms. The predicted octanol–water partition coefficient (Wildman–Crippen LogP) is 2.44. The van der Waals surface area contributed by atoms with Crippen LogP contribution in [0.3, 0.4) is 0 Å². The Morgan fingerprint density at radius 2 is 2.42 bits per heavy atom. The lowest BCUT2D eigenvalue weighted by Gasteiger charge is -1.86. The Balaban J connectivity index is 2.67. The molecular formula is C7H6BrN3S. The predicted molar refractivity (Wildman–Crippen MR) is 53.4 cm³/mol. The van der Waals surface area contributed by atoms with E-state index in [0.717, 1.165) is 20.8 Å². The van der Waals surface area contributed by atoms with Crippen LogP contribution in [0.4, 0.5) is 0 Å². The van der Waals surface area contributed by atoms with Gasteiger partial charge in [-0.3, -0.25) is 0 Å². The lowest BCUT2D eigenvalue weighted by atomic mass is 10.4. The van der Waals surface area contributed by atoms with Gasteiger partial charge in [0.05, 0.1) is 0 Å². The minimum Gasteiger partial charge on any atom is -0.318 e. The van der Waals surface area contributed by atoms with E-state index in [1.807, 2.05) is 12.3 Å². The molecule has 3 nitrogen and oxygen atoms in total. The number of imidazole rings is 1. The molecule has 0 unspecified atom stereocenters. The standard InChI is InChI=1S/C7H6BrN3S/c1-12-7-10-5-2-4(8)3-9-6(5)11-7/h2-3H,1H3,(H,9,10,11). The summed E-state index contributed by atoms with van der Waals surface area (Å²) in [7, 11) is 0. The molecule has 0 amide bonds.